The summed E-state index contributed by atoms with van der Waals surface area (Å²) in [7, 11) is -3.44. The molecule has 6 heteroatoms. The van der Waals surface area contributed by atoms with Gasteiger partial charge in [0.25, 0.3) is 0 Å². The summed E-state index contributed by atoms with van der Waals surface area (Å²) in [6.45, 7) is 0.130. The number of amides is 1. The van der Waals surface area contributed by atoms with E-state index in [0.29, 0.717) is 12.8 Å². The Morgan fingerprint density at radius 1 is 1.10 bits per heavy atom. The van der Waals surface area contributed by atoms with Gasteiger partial charge in [-0.15, -0.1) is 0 Å². The lowest BCUT2D eigenvalue weighted by atomic mass is 10.1. The van der Waals surface area contributed by atoms with Gasteiger partial charge in [-0.2, -0.15) is 11.3 Å². The Kier molecular flexibility index (Phi) is 3.82. The van der Waals surface area contributed by atoms with Gasteiger partial charge in [0.2, 0.25) is 15.9 Å². The normalized spacial score (nSPS) is 17.9. The maximum Gasteiger partial charge on any atom is 0.237 e. The maximum atomic E-state index is 12.0. The predicted octanol–water partition coefficient (Wildman–Crippen LogP) is 2.87. The molecule has 1 aromatic carbocycles. The van der Waals surface area contributed by atoms with Crippen LogP contribution in [0.15, 0.2) is 41.1 Å². The quantitative estimate of drug-likeness (QED) is 0.873. The maximum absolute atomic E-state index is 12.0. The summed E-state index contributed by atoms with van der Waals surface area (Å²) in [6.07, 6.45) is 0.737. The highest BCUT2D eigenvalue weighted by Gasteiger charge is 2.31. The van der Waals surface area contributed by atoms with Crippen molar-refractivity contribution < 1.29 is 13.2 Å². The van der Waals surface area contributed by atoms with Gasteiger partial charge in [0.15, 0.2) is 0 Å². The van der Waals surface area contributed by atoms with Crippen LogP contribution in [0, 0.1) is 0 Å². The van der Waals surface area contributed by atoms with Gasteiger partial charge in [-0.05, 0) is 39.9 Å². The Hall–Kier alpha value is -1.66. The van der Waals surface area contributed by atoms with Crippen LogP contribution >= 0.6 is 11.3 Å². The van der Waals surface area contributed by atoms with E-state index >= 15 is 0 Å². The lowest BCUT2D eigenvalue weighted by Gasteiger charge is -2.26. The van der Waals surface area contributed by atoms with Crippen LogP contribution in [0.4, 0.5) is 0 Å². The van der Waals surface area contributed by atoms with E-state index < -0.39 is 10.0 Å². The SMILES string of the molecule is O=C1CCCS(=O)(=O)N1Cc1ccc(-c2ccsc2)cc1. The first kappa shape index (κ1) is 14.3. The Labute approximate surface area is 128 Å². The summed E-state index contributed by atoms with van der Waals surface area (Å²) in [4.78, 5) is 11.8. The van der Waals surface area contributed by atoms with Crippen molar-refractivity contribution in [2.24, 2.45) is 0 Å². The van der Waals surface area contributed by atoms with Gasteiger partial charge in [-0.25, -0.2) is 12.7 Å². The third-order valence-corrected chi connectivity index (χ3v) is 6.03. The van der Waals surface area contributed by atoms with Gasteiger partial charge >= 0.3 is 0 Å². The zero-order valence-electron chi connectivity index (χ0n) is 11.4. The van der Waals surface area contributed by atoms with Crippen molar-refractivity contribution in [3.05, 3.63) is 46.7 Å². The molecule has 1 aliphatic heterocycles. The minimum atomic E-state index is -3.44. The van der Waals surface area contributed by atoms with E-state index in [-0.39, 0.29) is 18.2 Å². The summed E-state index contributed by atoms with van der Waals surface area (Å²) >= 11 is 1.63. The van der Waals surface area contributed by atoms with E-state index in [1.807, 2.05) is 35.7 Å². The molecule has 1 saturated heterocycles. The Morgan fingerprint density at radius 2 is 1.86 bits per heavy atom. The fourth-order valence-electron chi connectivity index (χ4n) is 2.38. The van der Waals surface area contributed by atoms with E-state index in [0.717, 1.165) is 21.0 Å². The molecule has 0 atom stereocenters. The highest BCUT2D eigenvalue weighted by molar-refractivity contribution is 7.89. The number of hydrogen-bond acceptors (Lipinski definition) is 4. The van der Waals surface area contributed by atoms with Gasteiger partial charge in [0.05, 0.1) is 12.3 Å². The van der Waals surface area contributed by atoms with Crippen LogP contribution in [0.1, 0.15) is 18.4 Å². The molecule has 0 saturated carbocycles. The van der Waals surface area contributed by atoms with Crippen LogP contribution in [0.5, 0.6) is 0 Å². The minimum absolute atomic E-state index is 0.0612. The molecule has 1 fully saturated rings. The molecule has 4 nitrogen and oxygen atoms in total. The molecular weight excluding hydrogens is 306 g/mol. The Bertz CT molecular complexity index is 734. The van der Waals surface area contributed by atoms with Crippen LogP contribution in [0.25, 0.3) is 11.1 Å². The third-order valence-electron chi connectivity index (χ3n) is 3.54. The molecule has 0 radical (unpaired) electrons. The van der Waals surface area contributed by atoms with Crippen molar-refractivity contribution >= 4 is 27.3 Å². The molecular formula is C15H15NO3S2. The van der Waals surface area contributed by atoms with Gasteiger partial charge in [0.1, 0.15) is 0 Å². The lowest BCUT2D eigenvalue weighted by molar-refractivity contribution is -0.127. The van der Waals surface area contributed by atoms with E-state index in [1.54, 1.807) is 11.3 Å². The number of hydrogen-bond donors (Lipinski definition) is 0. The number of thiophene rings is 1. The highest BCUT2D eigenvalue weighted by atomic mass is 32.2. The van der Waals surface area contributed by atoms with Crippen LogP contribution < -0.4 is 0 Å². The summed E-state index contributed by atoms with van der Waals surface area (Å²) < 4.78 is 24.9. The third kappa shape index (κ3) is 3.01. The molecule has 0 bridgehead atoms. The van der Waals surface area contributed by atoms with Crippen molar-refractivity contribution in [1.82, 2.24) is 4.31 Å². The van der Waals surface area contributed by atoms with Crippen molar-refractivity contribution in [3.8, 4) is 11.1 Å². The predicted molar refractivity (Wildman–Crippen MR) is 83.3 cm³/mol. The zero-order valence-corrected chi connectivity index (χ0v) is 13.0. The van der Waals surface area contributed by atoms with Crippen molar-refractivity contribution in [2.75, 3.05) is 5.75 Å². The fraction of sp³-hybridized carbons (Fsp3) is 0.267. The van der Waals surface area contributed by atoms with E-state index in [2.05, 4.69) is 5.38 Å². The number of carbonyl (C=O) groups excluding carboxylic acids is 1. The molecule has 1 aromatic heterocycles. The molecule has 0 spiro atoms. The number of carbonyl (C=O) groups is 1. The molecule has 0 N–H and O–H groups in total. The summed E-state index contributed by atoms with van der Waals surface area (Å²) in [6, 6.07) is 9.71. The summed E-state index contributed by atoms with van der Waals surface area (Å²) in [5.41, 5.74) is 3.06. The molecule has 3 rings (SSSR count). The van der Waals surface area contributed by atoms with E-state index in [1.165, 1.54) is 0 Å². The van der Waals surface area contributed by atoms with Crippen molar-refractivity contribution in [2.45, 2.75) is 19.4 Å². The van der Waals surface area contributed by atoms with Gasteiger partial charge in [-0.3, -0.25) is 4.79 Å². The standard InChI is InChI=1S/C15H15NO3S2/c17-15-2-1-9-21(18,19)16(15)10-12-3-5-13(6-4-12)14-7-8-20-11-14/h3-8,11H,1-2,9-10H2. The van der Waals surface area contributed by atoms with Crippen LogP contribution in [-0.4, -0.2) is 24.4 Å². The average Bonchev–Trinajstić information content (AvgIpc) is 2.98. The first-order valence-electron chi connectivity index (χ1n) is 6.71. The molecule has 0 aliphatic carbocycles. The molecule has 0 unspecified atom stereocenters. The molecule has 110 valence electrons. The van der Waals surface area contributed by atoms with E-state index in [9.17, 15) is 13.2 Å². The summed E-state index contributed by atoms with van der Waals surface area (Å²) in [5.74, 6) is -0.241. The zero-order chi connectivity index (χ0) is 14.9. The second-order valence-corrected chi connectivity index (χ2v) is 7.82. The van der Waals surface area contributed by atoms with Gasteiger partial charge in [0, 0.05) is 6.42 Å². The van der Waals surface area contributed by atoms with Crippen molar-refractivity contribution in [1.29, 1.82) is 0 Å². The van der Waals surface area contributed by atoms with E-state index in [4.69, 9.17) is 0 Å². The average molecular weight is 321 g/mol. The number of nitrogens with zero attached hydrogens (tertiary/aromatic N) is 1. The minimum Gasteiger partial charge on any atom is -0.274 e. The first-order chi connectivity index (χ1) is 10.1. The van der Waals surface area contributed by atoms with Crippen LogP contribution in [0.3, 0.4) is 0 Å². The fourth-order valence-corrected chi connectivity index (χ4v) is 4.52. The topological polar surface area (TPSA) is 54.5 Å². The summed E-state index contributed by atoms with van der Waals surface area (Å²) in [5, 5.41) is 4.08. The number of benzene rings is 1. The molecule has 1 aliphatic rings. The lowest BCUT2D eigenvalue weighted by Crippen LogP contribution is -2.41. The Morgan fingerprint density at radius 3 is 2.48 bits per heavy atom. The van der Waals surface area contributed by atoms with Gasteiger partial charge < -0.3 is 0 Å². The first-order valence-corrected chi connectivity index (χ1v) is 9.26. The van der Waals surface area contributed by atoms with Crippen LogP contribution in [-0.2, 0) is 21.4 Å². The Balaban J connectivity index is 1.80. The largest absolute Gasteiger partial charge is 0.274 e. The molecule has 2 aromatic rings. The number of sulfonamides is 1. The second kappa shape index (κ2) is 5.61. The van der Waals surface area contributed by atoms with Crippen molar-refractivity contribution in [3.63, 3.8) is 0 Å². The van der Waals surface area contributed by atoms with Gasteiger partial charge in [-0.1, -0.05) is 24.3 Å². The highest BCUT2D eigenvalue weighted by Crippen LogP contribution is 2.24. The molecule has 1 amide bonds. The smallest absolute Gasteiger partial charge is 0.237 e. The molecule has 2 heterocycles. The number of rotatable bonds is 3. The molecule has 21 heavy (non-hydrogen) atoms. The van der Waals surface area contributed by atoms with Crippen LogP contribution in [0.2, 0.25) is 0 Å². The second-order valence-electron chi connectivity index (χ2n) is 5.03. The monoisotopic (exact) mass is 321 g/mol.